The van der Waals surface area contributed by atoms with Crippen LogP contribution in [0.2, 0.25) is 0 Å². The summed E-state index contributed by atoms with van der Waals surface area (Å²) in [5.41, 5.74) is 12.4. The van der Waals surface area contributed by atoms with Gasteiger partial charge in [-0.25, -0.2) is 0 Å². The van der Waals surface area contributed by atoms with Crippen LogP contribution < -0.4 is 5.73 Å². The molecule has 0 saturated carbocycles. The van der Waals surface area contributed by atoms with Gasteiger partial charge in [-0.1, -0.05) is 47.6 Å². The van der Waals surface area contributed by atoms with Gasteiger partial charge in [0.25, 0.3) is 0 Å². The summed E-state index contributed by atoms with van der Waals surface area (Å²) >= 11 is 0. The molecule has 0 aliphatic carbocycles. The topological polar surface area (TPSA) is 64.9 Å². The maximum Gasteiger partial charge on any atom is 0.167 e. The summed E-state index contributed by atoms with van der Waals surface area (Å²) in [5.74, 6) is 0. The SMILES string of the molecule is Cc1cccnc1C[C@H](N)c1ccccc1-c1noc2ccccc12.Cl. The number of fused-ring (bicyclic) bond motifs is 1. The number of halogens is 1. The molecule has 4 nitrogen and oxygen atoms in total. The normalized spacial score (nSPS) is 11.9. The lowest BCUT2D eigenvalue weighted by Crippen LogP contribution is -2.16. The first-order chi connectivity index (χ1) is 12.2. The van der Waals surface area contributed by atoms with Crippen molar-refractivity contribution < 1.29 is 4.52 Å². The van der Waals surface area contributed by atoms with Gasteiger partial charge < -0.3 is 10.3 Å². The van der Waals surface area contributed by atoms with Gasteiger partial charge in [0.05, 0.1) is 0 Å². The highest BCUT2D eigenvalue weighted by Crippen LogP contribution is 2.33. The third-order valence-electron chi connectivity index (χ3n) is 4.52. The van der Waals surface area contributed by atoms with Crippen LogP contribution in [0.15, 0.2) is 71.4 Å². The fourth-order valence-electron chi connectivity index (χ4n) is 3.17. The third-order valence-corrected chi connectivity index (χ3v) is 4.52. The highest BCUT2D eigenvalue weighted by molar-refractivity contribution is 5.92. The van der Waals surface area contributed by atoms with Crippen LogP contribution >= 0.6 is 12.4 Å². The first-order valence-corrected chi connectivity index (χ1v) is 8.34. The lowest BCUT2D eigenvalue weighted by molar-refractivity contribution is 0.459. The van der Waals surface area contributed by atoms with E-state index in [-0.39, 0.29) is 18.4 Å². The molecule has 5 heteroatoms. The molecule has 0 radical (unpaired) electrons. The first-order valence-electron chi connectivity index (χ1n) is 8.34. The lowest BCUT2D eigenvalue weighted by atomic mass is 9.93. The fraction of sp³-hybridized carbons (Fsp3) is 0.143. The van der Waals surface area contributed by atoms with Crippen LogP contribution in [0, 0.1) is 6.92 Å². The Morgan fingerprint density at radius 1 is 1.00 bits per heavy atom. The average molecular weight is 366 g/mol. The molecule has 132 valence electrons. The standard InChI is InChI=1S/C21H19N3O.ClH/c1-14-7-6-12-23-19(14)13-18(22)15-8-2-3-9-16(15)21-17-10-4-5-11-20(17)25-24-21;/h2-12,18H,13,22H2,1H3;1H/t18-;/m0./s1. The predicted molar refractivity (Wildman–Crippen MR) is 106 cm³/mol. The smallest absolute Gasteiger partial charge is 0.167 e. The Morgan fingerprint density at radius 2 is 1.77 bits per heavy atom. The number of pyridine rings is 1. The molecule has 0 aliphatic heterocycles. The van der Waals surface area contributed by atoms with Crippen molar-refractivity contribution in [2.24, 2.45) is 5.73 Å². The summed E-state index contributed by atoms with van der Waals surface area (Å²) in [6.07, 6.45) is 2.49. The van der Waals surface area contributed by atoms with Crippen molar-refractivity contribution in [3.63, 3.8) is 0 Å². The van der Waals surface area contributed by atoms with E-state index >= 15 is 0 Å². The van der Waals surface area contributed by atoms with Crippen molar-refractivity contribution >= 4 is 23.4 Å². The summed E-state index contributed by atoms with van der Waals surface area (Å²) in [7, 11) is 0. The first kappa shape index (κ1) is 18.1. The minimum atomic E-state index is -0.166. The zero-order chi connectivity index (χ0) is 17.2. The predicted octanol–water partition coefficient (Wildman–Crippen LogP) is 4.86. The summed E-state index contributed by atoms with van der Waals surface area (Å²) < 4.78 is 5.47. The molecule has 26 heavy (non-hydrogen) atoms. The molecule has 0 saturated heterocycles. The number of nitrogens with zero attached hydrogens (tertiary/aromatic N) is 2. The monoisotopic (exact) mass is 365 g/mol. The second kappa shape index (κ2) is 7.68. The molecule has 0 aliphatic rings. The van der Waals surface area contributed by atoms with E-state index in [1.165, 1.54) is 0 Å². The van der Waals surface area contributed by atoms with Crippen molar-refractivity contribution in [2.45, 2.75) is 19.4 Å². The van der Waals surface area contributed by atoms with Crippen molar-refractivity contribution in [1.82, 2.24) is 10.1 Å². The van der Waals surface area contributed by atoms with Crippen LogP contribution in [0.5, 0.6) is 0 Å². The molecule has 0 spiro atoms. The Kier molecular flexibility index (Phi) is 5.35. The number of para-hydroxylation sites is 1. The third kappa shape index (κ3) is 3.34. The van der Waals surface area contributed by atoms with Crippen LogP contribution in [-0.4, -0.2) is 10.1 Å². The maximum absolute atomic E-state index is 6.55. The summed E-state index contributed by atoms with van der Waals surface area (Å²) in [5, 5.41) is 5.28. The number of benzene rings is 2. The van der Waals surface area contributed by atoms with Gasteiger partial charge in [-0.15, -0.1) is 12.4 Å². The van der Waals surface area contributed by atoms with Gasteiger partial charge in [-0.2, -0.15) is 0 Å². The Balaban J connectivity index is 0.00000196. The van der Waals surface area contributed by atoms with Gasteiger partial charge in [-0.3, -0.25) is 4.98 Å². The van der Waals surface area contributed by atoms with E-state index in [0.29, 0.717) is 6.42 Å². The molecule has 4 aromatic rings. The minimum Gasteiger partial charge on any atom is -0.356 e. The molecule has 2 heterocycles. The Labute approximate surface area is 158 Å². The summed E-state index contributed by atoms with van der Waals surface area (Å²) in [4.78, 5) is 4.47. The van der Waals surface area contributed by atoms with Gasteiger partial charge in [-0.05, 0) is 36.2 Å². The molecule has 2 aromatic heterocycles. The second-order valence-electron chi connectivity index (χ2n) is 6.19. The van der Waals surface area contributed by atoms with Crippen molar-refractivity contribution in [3.05, 3.63) is 83.7 Å². The van der Waals surface area contributed by atoms with Crippen LogP contribution in [0.25, 0.3) is 22.2 Å². The van der Waals surface area contributed by atoms with Gasteiger partial charge in [0.1, 0.15) is 5.69 Å². The van der Waals surface area contributed by atoms with Crippen LogP contribution in [-0.2, 0) is 6.42 Å². The fourth-order valence-corrected chi connectivity index (χ4v) is 3.17. The average Bonchev–Trinajstić information content (AvgIpc) is 3.07. The van der Waals surface area contributed by atoms with E-state index in [1.54, 1.807) is 0 Å². The van der Waals surface area contributed by atoms with E-state index in [9.17, 15) is 0 Å². The lowest BCUT2D eigenvalue weighted by Gasteiger charge is -2.16. The van der Waals surface area contributed by atoms with Gasteiger partial charge in [0.15, 0.2) is 5.58 Å². The molecule has 0 unspecified atom stereocenters. The highest BCUT2D eigenvalue weighted by Gasteiger charge is 2.18. The van der Waals surface area contributed by atoms with E-state index in [4.69, 9.17) is 10.3 Å². The zero-order valence-electron chi connectivity index (χ0n) is 14.4. The zero-order valence-corrected chi connectivity index (χ0v) is 15.2. The molecule has 0 fully saturated rings. The molecule has 1 atom stereocenters. The van der Waals surface area contributed by atoms with Crippen LogP contribution in [0.4, 0.5) is 0 Å². The van der Waals surface area contributed by atoms with Gasteiger partial charge in [0.2, 0.25) is 0 Å². The Bertz CT molecular complexity index is 1030. The Hall–Kier alpha value is -2.69. The van der Waals surface area contributed by atoms with Crippen LogP contribution in [0.3, 0.4) is 0 Å². The van der Waals surface area contributed by atoms with Crippen molar-refractivity contribution in [3.8, 4) is 11.3 Å². The molecule has 2 N–H and O–H groups in total. The molecular formula is C21H20ClN3O. The largest absolute Gasteiger partial charge is 0.356 e. The summed E-state index contributed by atoms with van der Waals surface area (Å²) in [6.45, 7) is 2.06. The van der Waals surface area contributed by atoms with E-state index < -0.39 is 0 Å². The van der Waals surface area contributed by atoms with Crippen LogP contribution in [0.1, 0.15) is 22.9 Å². The molecular weight excluding hydrogens is 346 g/mol. The minimum absolute atomic E-state index is 0. The number of hydrogen-bond donors (Lipinski definition) is 1. The quantitative estimate of drug-likeness (QED) is 0.560. The van der Waals surface area contributed by atoms with Gasteiger partial charge >= 0.3 is 0 Å². The van der Waals surface area contributed by atoms with E-state index in [1.807, 2.05) is 54.7 Å². The molecule has 0 amide bonds. The molecule has 2 aromatic carbocycles. The number of aryl methyl sites for hydroxylation is 1. The van der Waals surface area contributed by atoms with E-state index in [2.05, 4.69) is 29.2 Å². The van der Waals surface area contributed by atoms with Crippen molar-refractivity contribution in [2.75, 3.05) is 0 Å². The van der Waals surface area contributed by atoms with Crippen molar-refractivity contribution in [1.29, 1.82) is 0 Å². The number of hydrogen-bond acceptors (Lipinski definition) is 4. The second-order valence-corrected chi connectivity index (χ2v) is 6.19. The number of rotatable bonds is 4. The molecule has 4 rings (SSSR count). The Morgan fingerprint density at radius 3 is 2.62 bits per heavy atom. The van der Waals surface area contributed by atoms with Gasteiger partial charge in [0, 0.05) is 35.3 Å². The maximum atomic E-state index is 6.55. The molecule has 0 bridgehead atoms. The number of aromatic nitrogens is 2. The number of nitrogens with two attached hydrogens (primary N) is 1. The summed E-state index contributed by atoms with van der Waals surface area (Å²) in [6, 6.07) is 19.8. The van der Waals surface area contributed by atoms with E-state index in [0.717, 1.165) is 39.0 Å². The highest BCUT2D eigenvalue weighted by atomic mass is 35.5.